The number of carbonyl (C=O) groups is 1. The third-order valence-corrected chi connectivity index (χ3v) is 3.36. The van der Waals surface area contributed by atoms with E-state index in [0.717, 1.165) is 24.3 Å². The first-order chi connectivity index (χ1) is 10.1. The van der Waals surface area contributed by atoms with Gasteiger partial charge in [0.25, 0.3) is 0 Å². The number of benzene rings is 1. The molecule has 1 rings (SSSR count). The largest absolute Gasteiger partial charge is 0.493 e. The highest BCUT2D eigenvalue weighted by atomic mass is 16.5. The van der Waals surface area contributed by atoms with Crippen LogP contribution in [0, 0.1) is 6.92 Å². The first-order valence-corrected chi connectivity index (χ1v) is 7.81. The van der Waals surface area contributed by atoms with Crippen molar-refractivity contribution < 1.29 is 9.53 Å². The van der Waals surface area contributed by atoms with Crippen LogP contribution in [-0.4, -0.2) is 25.6 Å². The maximum atomic E-state index is 11.4. The van der Waals surface area contributed by atoms with Crippen LogP contribution in [0.15, 0.2) is 18.2 Å². The molecule has 0 fully saturated rings. The standard InChI is InChI=1S/C17H28N2O2/c1-5-10-19-14(4)15-7-8-16(13(3)12-15)21-11-9-17(20)18-6-2/h7-8,12,14,19H,5-6,9-11H2,1-4H3,(H,18,20). The Bertz CT molecular complexity index is 446. The maximum Gasteiger partial charge on any atom is 0.223 e. The number of rotatable bonds is 9. The van der Waals surface area contributed by atoms with Crippen molar-refractivity contribution in [2.45, 2.75) is 46.6 Å². The summed E-state index contributed by atoms with van der Waals surface area (Å²) in [5, 5.41) is 6.24. The van der Waals surface area contributed by atoms with Crippen LogP contribution >= 0.6 is 0 Å². The van der Waals surface area contributed by atoms with Gasteiger partial charge in [-0.3, -0.25) is 4.79 Å². The predicted molar refractivity (Wildman–Crippen MR) is 86.7 cm³/mol. The third-order valence-electron chi connectivity index (χ3n) is 3.36. The number of hydrogen-bond acceptors (Lipinski definition) is 3. The monoisotopic (exact) mass is 292 g/mol. The van der Waals surface area contributed by atoms with E-state index in [1.165, 1.54) is 5.56 Å². The van der Waals surface area contributed by atoms with E-state index in [4.69, 9.17) is 4.74 Å². The van der Waals surface area contributed by atoms with Gasteiger partial charge in [0.2, 0.25) is 5.91 Å². The molecule has 0 heterocycles. The molecule has 0 saturated heterocycles. The quantitative estimate of drug-likeness (QED) is 0.735. The molecule has 0 radical (unpaired) electrons. The molecule has 4 nitrogen and oxygen atoms in total. The molecule has 1 aromatic carbocycles. The maximum absolute atomic E-state index is 11.4. The third kappa shape index (κ3) is 6.17. The van der Waals surface area contributed by atoms with Gasteiger partial charge in [0.15, 0.2) is 0 Å². The Balaban J connectivity index is 2.52. The van der Waals surface area contributed by atoms with E-state index < -0.39 is 0 Å². The Labute approximate surface area is 128 Å². The molecule has 0 aromatic heterocycles. The van der Waals surface area contributed by atoms with Crippen LogP contribution in [0.1, 0.15) is 50.8 Å². The number of nitrogens with one attached hydrogen (secondary N) is 2. The van der Waals surface area contributed by atoms with Crippen LogP contribution in [0.25, 0.3) is 0 Å². The van der Waals surface area contributed by atoms with Gasteiger partial charge in [-0.25, -0.2) is 0 Å². The van der Waals surface area contributed by atoms with Crippen molar-refractivity contribution in [3.63, 3.8) is 0 Å². The number of ether oxygens (including phenoxy) is 1. The van der Waals surface area contributed by atoms with Crippen LogP contribution in [0.3, 0.4) is 0 Å². The Hall–Kier alpha value is -1.55. The Morgan fingerprint density at radius 1 is 1.33 bits per heavy atom. The second-order valence-electron chi connectivity index (χ2n) is 5.25. The highest BCUT2D eigenvalue weighted by Gasteiger charge is 2.08. The van der Waals surface area contributed by atoms with Crippen LogP contribution in [0.2, 0.25) is 0 Å². The molecule has 1 aromatic rings. The highest BCUT2D eigenvalue weighted by Crippen LogP contribution is 2.22. The lowest BCUT2D eigenvalue weighted by Gasteiger charge is -2.16. The van der Waals surface area contributed by atoms with Crippen molar-refractivity contribution in [1.82, 2.24) is 10.6 Å². The molecular weight excluding hydrogens is 264 g/mol. The fourth-order valence-electron chi connectivity index (χ4n) is 2.12. The minimum atomic E-state index is 0.0316. The number of hydrogen-bond donors (Lipinski definition) is 2. The molecule has 0 spiro atoms. The van der Waals surface area contributed by atoms with Gasteiger partial charge in [0, 0.05) is 12.6 Å². The van der Waals surface area contributed by atoms with Gasteiger partial charge in [0.05, 0.1) is 13.0 Å². The molecule has 1 amide bonds. The SMILES string of the molecule is CCCNC(C)c1ccc(OCCC(=O)NCC)c(C)c1. The van der Waals surface area contributed by atoms with E-state index in [1.807, 2.05) is 19.9 Å². The highest BCUT2D eigenvalue weighted by molar-refractivity contribution is 5.75. The zero-order valence-electron chi connectivity index (χ0n) is 13.7. The van der Waals surface area contributed by atoms with Crippen molar-refractivity contribution in [3.05, 3.63) is 29.3 Å². The molecule has 0 bridgehead atoms. The topological polar surface area (TPSA) is 50.4 Å². The molecule has 0 aliphatic heterocycles. The van der Waals surface area contributed by atoms with Crippen molar-refractivity contribution >= 4 is 5.91 Å². The lowest BCUT2D eigenvalue weighted by Crippen LogP contribution is -2.24. The summed E-state index contributed by atoms with van der Waals surface area (Å²) in [4.78, 5) is 11.4. The normalized spacial score (nSPS) is 12.0. The van der Waals surface area contributed by atoms with Crippen LogP contribution < -0.4 is 15.4 Å². The summed E-state index contributed by atoms with van der Waals surface area (Å²) in [5.41, 5.74) is 2.37. The number of amides is 1. The predicted octanol–water partition coefficient (Wildman–Crippen LogP) is 2.96. The van der Waals surface area contributed by atoms with Gasteiger partial charge in [-0.15, -0.1) is 0 Å². The molecule has 1 atom stereocenters. The van der Waals surface area contributed by atoms with E-state index in [9.17, 15) is 4.79 Å². The Morgan fingerprint density at radius 2 is 2.10 bits per heavy atom. The first kappa shape index (κ1) is 17.5. The Morgan fingerprint density at radius 3 is 2.71 bits per heavy atom. The number of carbonyl (C=O) groups excluding carboxylic acids is 1. The van der Waals surface area contributed by atoms with E-state index in [2.05, 4.69) is 36.6 Å². The zero-order chi connectivity index (χ0) is 15.7. The van der Waals surface area contributed by atoms with Gasteiger partial charge >= 0.3 is 0 Å². The number of aryl methyl sites for hydroxylation is 1. The van der Waals surface area contributed by atoms with E-state index in [0.29, 0.717) is 25.6 Å². The molecule has 4 heteroatoms. The molecule has 1 unspecified atom stereocenters. The molecule has 2 N–H and O–H groups in total. The second kappa shape index (κ2) is 9.40. The summed E-state index contributed by atoms with van der Waals surface area (Å²) in [6, 6.07) is 6.57. The molecular formula is C17H28N2O2. The van der Waals surface area contributed by atoms with Gasteiger partial charge in [-0.1, -0.05) is 19.1 Å². The average Bonchev–Trinajstić information content (AvgIpc) is 2.46. The summed E-state index contributed by atoms with van der Waals surface area (Å²) >= 11 is 0. The summed E-state index contributed by atoms with van der Waals surface area (Å²) in [6.07, 6.45) is 1.52. The summed E-state index contributed by atoms with van der Waals surface area (Å²) in [6.45, 7) is 10.4. The lowest BCUT2D eigenvalue weighted by molar-refractivity contribution is -0.121. The van der Waals surface area contributed by atoms with Crippen molar-refractivity contribution in [3.8, 4) is 5.75 Å². The van der Waals surface area contributed by atoms with Gasteiger partial charge in [0.1, 0.15) is 5.75 Å². The van der Waals surface area contributed by atoms with E-state index in [-0.39, 0.29) is 5.91 Å². The first-order valence-electron chi connectivity index (χ1n) is 7.81. The van der Waals surface area contributed by atoms with Crippen LogP contribution in [0.5, 0.6) is 5.75 Å². The smallest absolute Gasteiger partial charge is 0.223 e. The summed E-state index contributed by atoms with van der Waals surface area (Å²) < 4.78 is 5.69. The fraction of sp³-hybridized carbons (Fsp3) is 0.588. The van der Waals surface area contributed by atoms with Crippen LogP contribution in [-0.2, 0) is 4.79 Å². The van der Waals surface area contributed by atoms with Crippen molar-refractivity contribution in [1.29, 1.82) is 0 Å². The molecule has 0 aliphatic carbocycles. The molecule has 21 heavy (non-hydrogen) atoms. The fourth-order valence-corrected chi connectivity index (χ4v) is 2.12. The van der Waals surface area contributed by atoms with E-state index >= 15 is 0 Å². The summed E-state index contributed by atoms with van der Waals surface area (Å²) in [7, 11) is 0. The van der Waals surface area contributed by atoms with Crippen molar-refractivity contribution in [2.24, 2.45) is 0 Å². The van der Waals surface area contributed by atoms with Crippen LogP contribution in [0.4, 0.5) is 0 Å². The summed E-state index contributed by atoms with van der Waals surface area (Å²) in [5.74, 6) is 0.884. The minimum absolute atomic E-state index is 0.0316. The van der Waals surface area contributed by atoms with Gasteiger partial charge in [-0.05, 0) is 50.9 Å². The zero-order valence-corrected chi connectivity index (χ0v) is 13.7. The molecule has 0 saturated carbocycles. The second-order valence-corrected chi connectivity index (χ2v) is 5.25. The van der Waals surface area contributed by atoms with Gasteiger partial charge in [-0.2, -0.15) is 0 Å². The molecule has 0 aliphatic rings. The van der Waals surface area contributed by atoms with E-state index in [1.54, 1.807) is 0 Å². The minimum Gasteiger partial charge on any atom is -0.493 e. The Kier molecular flexibility index (Phi) is 7.83. The van der Waals surface area contributed by atoms with Gasteiger partial charge < -0.3 is 15.4 Å². The molecule has 118 valence electrons. The van der Waals surface area contributed by atoms with Crippen molar-refractivity contribution in [2.75, 3.05) is 19.7 Å². The lowest BCUT2D eigenvalue weighted by atomic mass is 10.0. The average molecular weight is 292 g/mol.